The van der Waals surface area contributed by atoms with Crippen molar-refractivity contribution in [2.75, 3.05) is 26.2 Å². The molecule has 162 valence electrons. The van der Waals surface area contributed by atoms with E-state index in [9.17, 15) is 21.6 Å². The second-order valence-corrected chi connectivity index (χ2v) is 9.00. The topological polar surface area (TPSA) is 88.6 Å². The molecule has 3 rings (SSSR count). The molecule has 0 unspecified atom stereocenters. The smallest absolute Gasteiger partial charge is 0.452 e. The third kappa shape index (κ3) is 5.20. The molecule has 3 heterocycles. The van der Waals surface area contributed by atoms with E-state index >= 15 is 0 Å². The van der Waals surface area contributed by atoms with Crippen LogP contribution in [0.1, 0.15) is 37.7 Å². The summed E-state index contributed by atoms with van der Waals surface area (Å²) in [6.45, 7) is 6.70. The van der Waals surface area contributed by atoms with E-state index in [-0.39, 0.29) is 28.0 Å². The maximum atomic E-state index is 12.7. The Morgan fingerprint density at radius 1 is 1.34 bits per heavy atom. The number of alkyl halides is 3. The highest BCUT2D eigenvalue weighted by Gasteiger charge is 2.37. The number of likely N-dealkylation sites (tertiary alicyclic amines) is 1. The molecular formula is C18H24F3N3O4S. The molecule has 0 bridgehead atoms. The van der Waals surface area contributed by atoms with Crippen LogP contribution in [-0.4, -0.2) is 44.7 Å². The van der Waals surface area contributed by atoms with Gasteiger partial charge in [0.1, 0.15) is 16.3 Å². The first-order chi connectivity index (χ1) is 13.6. The maximum absolute atomic E-state index is 12.7. The predicted molar refractivity (Wildman–Crippen MR) is 98.6 cm³/mol. The molecule has 0 aliphatic carbocycles. The molecule has 0 radical (unpaired) electrons. The molecule has 2 aromatic rings. The van der Waals surface area contributed by atoms with Crippen molar-refractivity contribution in [1.82, 2.24) is 14.8 Å². The molecule has 0 amide bonds. The number of furan rings is 1. The standard InChI is InChI=1S/C18H24F3N3O4S/c1-3-6-24-7-4-5-13(11-24)10-22-29(25,26)16-9-15(27-12(16)2)14-8-17(28-23-14)18(19,20)21/h8-9,13,22H,3-7,10-11H2,1-2H3/t13-/m1/s1. The number of halogens is 3. The first-order valence-electron chi connectivity index (χ1n) is 9.47. The van der Waals surface area contributed by atoms with Gasteiger partial charge in [0.25, 0.3) is 0 Å². The van der Waals surface area contributed by atoms with Crippen molar-refractivity contribution < 1.29 is 30.5 Å². The lowest BCUT2D eigenvalue weighted by molar-refractivity contribution is -0.155. The van der Waals surface area contributed by atoms with Crippen molar-refractivity contribution >= 4 is 10.0 Å². The van der Waals surface area contributed by atoms with Gasteiger partial charge in [-0.25, -0.2) is 13.1 Å². The zero-order chi connectivity index (χ0) is 21.2. The van der Waals surface area contributed by atoms with Crippen molar-refractivity contribution in [2.45, 2.75) is 44.2 Å². The molecule has 0 aromatic carbocycles. The summed E-state index contributed by atoms with van der Waals surface area (Å²) >= 11 is 0. The highest BCUT2D eigenvalue weighted by molar-refractivity contribution is 7.89. The fourth-order valence-electron chi connectivity index (χ4n) is 3.53. The van der Waals surface area contributed by atoms with Crippen LogP contribution in [0.5, 0.6) is 0 Å². The Kier molecular flexibility index (Phi) is 6.39. The largest absolute Gasteiger partial charge is 0.458 e. The van der Waals surface area contributed by atoms with Crippen LogP contribution in [-0.2, 0) is 16.2 Å². The average molecular weight is 435 g/mol. The minimum Gasteiger partial charge on any atom is -0.458 e. The molecule has 0 spiro atoms. The van der Waals surface area contributed by atoms with E-state index in [2.05, 4.69) is 26.2 Å². The van der Waals surface area contributed by atoms with Crippen LogP contribution in [0.15, 0.2) is 26.0 Å². The molecule has 1 saturated heterocycles. The number of sulfonamides is 1. The van der Waals surface area contributed by atoms with Crippen LogP contribution >= 0.6 is 0 Å². The summed E-state index contributed by atoms with van der Waals surface area (Å²) in [6, 6.07) is 1.84. The van der Waals surface area contributed by atoms with E-state index in [1.165, 1.54) is 13.0 Å². The Morgan fingerprint density at radius 3 is 2.76 bits per heavy atom. The summed E-state index contributed by atoms with van der Waals surface area (Å²) in [5.74, 6) is -1.10. The predicted octanol–water partition coefficient (Wildman–Crippen LogP) is 3.66. The number of aromatic nitrogens is 1. The molecule has 1 atom stereocenters. The lowest BCUT2D eigenvalue weighted by Crippen LogP contribution is -2.41. The highest BCUT2D eigenvalue weighted by atomic mass is 32.2. The van der Waals surface area contributed by atoms with E-state index in [1.807, 2.05) is 0 Å². The van der Waals surface area contributed by atoms with Crippen LogP contribution in [0.4, 0.5) is 13.2 Å². The first kappa shape index (κ1) is 21.8. The fraction of sp³-hybridized carbons (Fsp3) is 0.611. The summed E-state index contributed by atoms with van der Waals surface area (Å²) in [4.78, 5) is 2.21. The Labute approximate surface area is 167 Å². The number of nitrogens with zero attached hydrogens (tertiary/aromatic N) is 2. The van der Waals surface area contributed by atoms with Gasteiger partial charge in [-0.05, 0) is 45.2 Å². The van der Waals surface area contributed by atoms with Crippen LogP contribution in [0.3, 0.4) is 0 Å². The molecule has 1 N–H and O–H groups in total. The molecule has 11 heteroatoms. The Morgan fingerprint density at radius 2 is 2.10 bits per heavy atom. The van der Waals surface area contributed by atoms with Crippen LogP contribution in [0.25, 0.3) is 11.5 Å². The second-order valence-electron chi connectivity index (χ2n) is 7.27. The highest BCUT2D eigenvalue weighted by Crippen LogP contribution is 2.34. The number of aryl methyl sites for hydroxylation is 1. The van der Waals surface area contributed by atoms with E-state index < -0.39 is 22.0 Å². The molecule has 29 heavy (non-hydrogen) atoms. The SMILES string of the molecule is CCCN1CCC[C@H](CNS(=O)(=O)c2cc(-c3cc(C(F)(F)F)on3)oc2C)C1. The van der Waals surface area contributed by atoms with E-state index in [1.54, 1.807) is 0 Å². The molecule has 1 aliphatic rings. The Balaban J connectivity index is 1.70. The third-order valence-electron chi connectivity index (χ3n) is 4.91. The number of piperidine rings is 1. The zero-order valence-corrected chi connectivity index (χ0v) is 17.1. The minimum absolute atomic E-state index is 0.0697. The van der Waals surface area contributed by atoms with Crippen LogP contribution < -0.4 is 4.72 Å². The van der Waals surface area contributed by atoms with Gasteiger partial charge in [0, 0.05) is 25.2 Å². The van der Waals surface area contributed by atoms with Gasteiger partial charge in [0.2, 0.25) is 15.8 Å². The summed E-state index contributed by atoms with van der Waals surface area (Å²) in [7, 11) is -3.87. The number of nitrogens with one attached hydrogen (secondary N) is 1. The van der Waals surface area contributed by atoms with Gasteiger partial charge in [-0.2, -0.15) is 13.2 Å². The van der Waals surface area contributed by atoms with Gasteiger partial charge in [0.05, 0.1) is 0 Å². The quantitative estimate of drug-likeness (QED) is 0.714. The lowest BCUT2D eigenvalue weighted by atomic mass is 9.98. The van der Waals surface area contributed by atoms with Gasteiger partial charge in [0.15, 0.2) is 5.76 Å². The van der Waals surface area contributed by atoms with Gasteiger partial charge >= 0.3 is 6.18 Å². The van der Waals surface area contributed by atoms with Crippen LogP contribution in [0.2, 0.25) is 0 Å². The van der Waals surface area contributed by atoms with Crippen LogP contribution in [0, 0.1) is 12.8 Å². The van der Waals surface area contributed by atoms with E-state index in [4.69, 9.17) is 4.42 Å². The molecule has 2 aromatic heterocycles. The van der Waals surface area contributed by atoms with Crippen molar-refractivity contribution in [3.63, 3.8) is 0 Å². The molecule has 7 nitrogen and oxygen atoms in total. The molecule has 0 saturated carbocycles. The molecule has 1 aliphatic heterocycles. The van der Waals surface area contributed by atoms with E-state index in [0.29, 0.717) is 12.6 Å². The summed E-state index contributed by atoms with van der Waals surface area (Å²) < 4.78 is 75.6. The number of rotatable bonds is 7. The second kappa shape index (κ2) is 8.49. The van der Waals surface area contributed by atoms with Gasteiger partial charge in [-0.3, -0.25) is 0 Å². The fourth-order valence-corrected chi connectivity index (χ4v) is 4.82. The number of hydrogen-bond acceptors (Lipinski definition) is 6. The van der Waals surface area contributed by atoms with Gasteiger partial charge < -0.3 is 13.8 Å². The molecule has 1 fully saturated rings. The summed E-state index contributed by atoms with van der Waals surface area (Å²) in [6.07, 6.45) is -1.67. The van der Waals surface area contributed by atoms with Gasteiger partial charge in [-0.1, -0.05) is 12.1 Å². The number of hydrogen-bond donors (Lipinski definition) is 1. The zero-order valence-electron chi connectivity index (χ0n) is 16.3. The van der Waals surface area contributed by atoms with Gasteiger partial charge in [-0.15, -0.1) is 0 Å². The van der Waals surface area contributed by atoms with Crippen molar-refractivity contribution in [2.24, 2.45) is 5.92 Å². The lowest BCUT2D eigenvalue weighted by Gasteiger charge is -2.32. The maximum Gasteiger partial charge on any atom is 0.452 e. The molecular weight excluding hydrogens is 411 g/mol. The Bertz CT molecular complexity index is 935. The van der Waals surface area contributed by atoms with Crippen molar-refractivity contribution in [3.8, 4) is 11.5 Å². The Hall–Kier alpha value is -1.85. The monoisotopic (exact) mass is 435 g/mol. The summed E-state index contributed by atoms with van der Waals surface area (Å²) in [5, 5.41) is 3.33. The first-order valence-corrected chi connectivity index (χ1v) is 10.9. The van der Waals surface area contributed by atoms with Crippen molar-refractivity contribution in [3.05, 3.63) is 23.7 Å². The van der Waals surface area contributed by atoms with Crippen molar-refractivity contribution in [1.29, 1.82) is 0 Å². The normalized spacial score (nSPS) is 19.0. The van der Waals surface area contributed by atoms with E-state index in [0.717, 1.165) is 38.9 Å². The third-order valence-corrected chi connectivity index (χ3v) is 6.44. The minimum atomic E-state index is -4.69. The average Bonchev–Trinajstić information content (AvgIpc) is 3.27. The summed E-state index contributed by atoms with van der Waals surface area (Å²) in [5.41, 5.74) is -0.218.